The summed E-state index contributed by atoms with van der Waals surface area (Å²) in [6.07, 6.45) is 0.293. The number of amides is 1. The Morgan fingerprint density at radius 2 is 2.00 bits per heavy atom. The van der Waals surface area contributed by atoms with Crippen molar-refractivity contribution < 1.29 is 9.53 Å². The van der Waals surface area contributed by atoms with Crippen LogP contribution in [0, 0.1) is 13.8 Å². The van der Waals surface area contributed by atoms with Crippen LogP contribution in [0.3, 0.4) is 0 Å². The predicted molar refractivity (Wildman–Crippen MR) is 82.8 cm³/mol. The van der Waals surface area contributed by atoms with Crippen molar-refractivity contribution in [3.8, 4) is 5.75 Å². The van der Waals surface area contributed by atoms with E-state index >= 15 is 0 Å². The average molecular weight is 299 g/mol. The largest absolute Gasteiger partial charge is 0.480 e. The molecule has 1 heterocycles. The molecular formula is C15H23ClN2O2. The topological polar surface area (TPSA) is 50.4 Å². The van der Waals surface area contributed by atoms with Crippen LogP contribution in [-0.2, 0) is 11.2 Å². The first-order valence-electron chi connectivity index (χ1n) is 6.87. The number of fused-ring (bicyclic) bond motifs is 1. The Bertz CT molecular complexity index is 446. The van der Waals surface area contributed by atoms with Gasteiger partial charge in [0.05, 0.1) is 0 Å². The van der Waals surface area contributed by atoms with Gasteiger partial charge in [-0.1, -0.05) is 13.0 Å². The van der Waals surface area contributed by atoms with Gasteiger partial charge in [0.2, 0.25) is 0 Å². The number of likely N-dealkylation sites (N-methyl/N-ethyl adjacent to an activating group) is 1. The number of carbonyl (C=O) groups excluding carboxylic acids is 1. The highest BCUT2D eigenvalue weighted by atomic mass is 35.5. The highest BCUT2D eigenvalue weighted by molar-refractivity contribution is 5.85. The van der Waals surface area contributed by atoms with E-state index in [2.05, 4.69) is 30.5 Å². The zero-order valence-corrected chi connectivity index (χ0v) is 13.1. The van der Waals surface area contributed by atoms with Gasteiger partial charge in [0.1, 0.15) is 5.75 Å². The number of carbonyl (C=O) groups is 1. The lowest BCUT2D eigenvalue weighted by Crippen LogP contribution is -2.40. The fraction of sp³-hybridized carbons (Fsp3) is 0.533. The number of ether oxygens (including phenoxy) is 1. The summed E-state index contributed by atoms with van der Waals surface area (Å²) in [7, 11) is 0. The smallest absolute Gasteiger partial charge is 0.261 e. The molecule has 112 valence electrons. The van der Waals surface area contributed by atoms with Crippen LogP contribution in [-0.4, -0.2) is 31.6 Å². The third-order valence-electron chi connectivity index (χ3n) is 3.49. The number of halogens is 1. The van der Waals surface area contributed by atoms with Crippen molar-refractivity contribution in [2.45, 2.75) is 33.3 Å². The van der Waals surface area contributed by atoms with Crippen molar-refractivity contribution in [3.63, 3.8) is 0 Å². The van der Waals surface area contributed by atoms with Crippen LogP contribution in [0.4, 0.5) is 0 Å². The van der Waals surface area contributed by atoms with Gasteiger partial charge in [-0.25, -0.2) is 0 Å². The summed E-state index contributed by atoms with van der Waals surface area (Å²) in [6, 6.07) is 4.15. The first-order valence-corrected chi connectivity index (χ1v) is 6.87. The van der Waals surface area contributed by atoms with Gasteiger partial charge in [-0.15, -0.1) is 12.4 Å². The Morgan fingerprint density at radius 3 is 2.70 bits per heavy atom. The van der Waals surface area contributed by atoms with Crippen LogP contribution in [0.1, 0.15) is 23.6 Å². The van der Waals surface area contributed by atoms with Crippen molar-refractivity contribution in [2.24, 2.45) is 0 Å². The summed E-state index contributed by atoms with van der Waals surface area (Å²) < 4.78 is 5.73. The number of hydrogen-bond acceptors (Lipinski definition) is 3. The molecule has 1 aromatic carbocycles. The molecule has 1 aromatic rings. The number of benzene rings is 1. The van der Waals surface area contributed by atoms with Crippen LogP contribution >= 0.6 is 12.4 Å². The molecule has 1 aliphatic rings. The quantitative estimate of drug-likeness (QED) is 0.815. The molecule has 0 bridgehead atoms. The highest BCUT2D eigenvalue weighted by Gasteiger charge is 2.29. The minimum absolute atomic E-state index is 0. The van der Waals surface area contributed by atoms with Crippen LogP contribution in [0.25, 0.3) is 0 Å². The SMILES string of the molecule is CCNCCNC(=O)C1Cc2cc(C)c(C)cc2O1.Cl. The molecule has 5 heteroatoms. The van der Waals surface area contributed by atoms with E-state index in [0.29, 0.717) is 13.0 Å². The van der Waals surface area contributed by atoms with Crippen LogP contribution < -0.4 is 15.4 Å². The van der Waals surface area contributed by atoms with Crippen LogP contribution in [0.15, 0.2) is 12.1 Å². The molecule has 1 amide bonds. The highest BCUT2D eigenvalue weighted by Crippen LogP contribution is 2.31. The van der Waals surface area contributed by atoms with Crippen molar-refractivity contribution >= 4 is 18.3 Å². The monoisotopic (exact) mass is 298 g/mol. The molecule has 1 aliphatic heterocycles. The number of nitrogens with one attached hydrogen (secondary N) is 2. The van der Waals surface area contributed by atoms with E-state index in [1.807, 2.05) is 13.0 Å². The second-order valence-electron chi connectivity index (χ2n) is 5.00. The molecular weight excluding hydrogens is 276 g/mol. The minimum Gasteiger partial charge on any atom is -0.480 e. The summed E-state index contributed by atoms with van der Waals surface area (Å²) in [5.74, 6) is 0.833. The van der Waals surface area contributed by atoms with E-state index in [-0.39, 0.29) is 24.4 Å². The molecule has 0 radical (unpaired) electrons. The van der Waals surface area contributed by atoms with E-state index < -0.39 is 0 Å². The van der Waals surface area contributed by atoms with E-state index in [4.69, 9.17) is 4.74 Å². The van der Waals surface area contributed by atoms with E-state index in [9.17, 15) is 4.79 Å². The molecule has 20 heavy (non-hydrogen) atoms. The average Bonchev–Trinajstić information content (AvgIpc) is 2.78. The molecule has 0 saturated carbocycles. The van der Waals surface area contributed by atoms with Gasteiger partial charge in [0.25, 0.3) is 5.91 Å². The normalized spacial score (nSPS) is 16.1. The second kappa shape index (κ2) is 7.50. The molecule has 0 spiro atoms. The maximum absolute atomic E-state index is 12.0. The van der Waals surface area contributed by atoms with E-state index in [0.717, 1.165) is 24.4 Å². The Balaban J connectivity index is 0.00000200. The van der Waals surface area contributed by atoms with Gasteiger partial charge in [-0.3, -0.25) is 4.79 Å². The minimum atomic E-state index is -0.377. The van der Waals surface area contributed by atoms with E-state index in [1.165, 1.54) is 11.1 Å². The fourth-order valence-electron chi connectivity index (χ4n) is 2.22. The molecule has 0 fully saturated rings. The Morgan fingerprint density at radius 1 is 1.30 bits per heavy atom. The van der Waals surface area contributed by atoms with Crippen molar-refractivity contribution in [1.29, 1.82) is 0 Å². The number of aryl methyl sites for hydroxylation is 2. The molecule has 2 N–H and O–H groups in total. The van der Waals surface area contributed by atoms with E-state index in [1.54, 1.807) is 0 Å². The van der Waals surface area contributed by atoms with Gasteiger partial charge in [0, 0.05) is 19.5 Å². The molecule has 1 atom stereocenters. The lowest BCUT2D eigenvalue weighted by molar-refractivity contribution is -0.127. The van der Waals surface area contributed by atoms with Gasteiger partial charge in [-0.2, -0.15) is 0 Å². The van der Waals surface area contributed by atoms with Crippen molar-refractivity contribution in [1.82, 2.24) is 10.6 Å². The zero-order valence-electron chi connectivity index (χ0n) is 12.3. The Hall–Kier alpha value is -1.26. The molecule has 4 nitrogen and oxygen atoms in total. The third kappa shape index (κ3) is 3.87. The molecule has 0 aromatic heterocycles. The van der Waals surface area contributed by atoms with Gasteiger partial charge in [0.15, 0.2) is 6.10 Å². The summed E-state index contributed by atoms with van der Waals surface area (Å²) in [4.78, 5) is 12.0. The number of rotatable bonds is 5. The Labute approximate surface area is 126 Å². The molecule has 0 aliphatic carbocycles. The fourth-order valence-corrected chi connectivity index (χ4v) is 2.22. The first kappa shape index (κ1) is 16.8. The first-order chi connectivity index (χ1) is 9.11. The number of hydrogen-bond donors (Lipinski definition) is 2. The Kier molecular flexibility index (Phi) is 6.30. The van der Waals surface area contributed by atoms with Crippen LogP contribution in [0.5, 0.6) is 5.75 Å². The van der Waals surface area contributed by atoms with Crippen LogP contribution in [0.2, 0.25) is 0 Å². The van der Waals surface area contributed by atoms with Crippen molar-refractivity contribution in [3.05, 3.63) is 28.8 Å². The maximum Gasteiger partial charge on any atom is 0.261 e. The lowest BCUT2D eigenvalue weighted by atomic mass is 10.0. The molecule has 2 rings (SSSR count). The van der Waals surface area contributed by atoms with Crippen molar-refractivity contribution in [2.75, 3.05) is 19.6 Å². The summed E-state index contributed by atoms with van der Waals surface area (Å²) in [5, 5.41) is 6.07. The standard InChI is InChI=1S/C15H22N2O2.ClH/c1-4-16-5-6-17-15(18)14-9-12-7-10(2)11(3)8-13(12)19-14;/h7-8,14,16H,4-6,9H2,1-3H3,(H,17,18);1H. The maximum atomic E-state index is 12.0. The van der Waals surface area contributed by atoms with Gasteiger partial charge in [-0.05, 0) is 43.1 Å². The van der Waals surface area contributed by atoms with Gasteiger partial charge < -0.3 is 15.4 Å². The lowest BCUT2D eigenvalue weighted by Gasteiger charge is -2.11. The predicted octanol–water partition coefficient (Wildman–Crippen LogP) is 1.75. The van der Waals surface area contributed by atoms with Gasteiger partial charge >= 0.3 is 0 Å². The second-order valence-corrected chi connectivity index (χ2v) is 5.00. The summed E-state index contributed by atoms with van der Waals surface area (Å²) in [6.45, 7) is 8.53. The third-order valence-corrected chi connectivity index (χ3v) is 3.49. The zero-order chi connectivity index (χ0) is 13.8. The summed E-state index contributed by atoms with van der Waals surface area (Å²) in [5.41, 5.74) is 3.58. The molecule has 0 saturated heterocycles. The molecule has 1 unspecified atom stereocenters. The summed E-state index contributed by atoms with van der Waals surface area (Å²) >= 11 is 0.